The van der Waals surface area contributed by atoms with Crippen LogP contribution in [-0.2, 0) is 0 Å². The number of nitrogen functional groups attached to an aromatic ring is 1. The predicted octanol–water partition coefficient (Wildman–Crippen LogP) is 3.78. The number of hydrogen-bond acceptors (Lipinski definition) is 4. The van der Waals surface area contributed by atoms with E-state index in [4.69, 9.17) is 17.3 Å². The number of nitrogens with zero attached hydrogens (tertiary/aromatic N) is 1. The van der Waals surface area contributed by atoms with Gasteiger partial charge in [0.05, 0.1) is 10.2 Å². The summed E-state index contributed by atoms with van der Waals surface area (Å²) in [4.78, 5) is 16.5. The number of hydrogen-bond donors (Lipinski definition) is 2. The van der Waals surface area contributed by atoms with Crippen molar-refractivity contribution >= 4 is 49.9 Å². The van der Waals surface area contributed by atoms with Crippen molar-refractivity contribution < 1.29 is 4.79 Å². The lowest BCUT2D eigenvalue weighted by atomic mass is 10.2. The number of benzene rings is 2. The first-order chi connectivity index (χ1) is 9.61. The number of fused-ring (bicyclic) bond motifs is 1. The third-order valence-electron chi connectivity index (χ3n) is 2.70. The molecule has 3 rings (SSSR count). The van der Waals surface area contributed by atoms with Crippen LogP contribution in [0.25, 0.3) is 10.2 Å². The molecular weight excluding hydrogens is 294 g/mol. The average molecular weight is 304 g/mol. The molecule has 0 bridgehead atoms. The zero-order chi connectivity index (χ0) is 14.1. The third-order valence-corrected chi connectivity index (χ3v) is 3.87. The summed E-state index contributed by atoms with van der Waals surface area (Å²) in [5.74, 6) is -0.279. The van der Waals surface area contributed by atoms with E-state index < -0.39 is 0 Å². The molecule has 4 nitrogen and oxygen atoms in total. The molecule has 100 valence electrons. The smallest absolute Gasteiger partial charge is 0.257 e. The molecule has 0 spiro atoms. The van der Waals surface area contributed by atoms with Crippen molar-refractivity contribution in [2.75, 3.05) is 11.1 Å². The molecule has 1 amide bonds. The number of carbonyl (C=O) groups excluding carboxylic acids is 1. The van der Waals surface area contributed by atoms with Gasteiger partial charge in [-0.15, -0.1) is 0 Å². The second kappa shape index (κ2) is 5.11. The summed E-state index contributed by atoms with van der Waals surface area (Å²) in [6.45, 7) is 0. The Balaban J connectivity index is 1.88. The monoisotopic (exact) mass is 303 g/mol. The lowest BCUT2D eigenvalue weighted by Crippen LogP contribution is -2.12. The summed E-state index contributed by atoms with van der Waals surface area (Å²) in [6, 6.07) is 12.4. The van der Waals surface area contributed by atoms with Gasteiger partial charge in [-0.25, -0.2) is 4.98 Å². The Morgan fingerprint density at radius 2 is 2.05 bits per heavy atom. The molecule has 0 aliphatic heterocycles. The number of halogens is 1. The molecule has 1 aromatic heterocycles. The van der Waals surface area contributed by atoms with Gasteiger partial charge in [-0.2, -0.15) is 0 Å². The third kappa shape index (κ3) is 2.59. The van der Waals surface area contributed by atoms with Gasteiger partial charge in [-0.05, 0) is 30.3 Å². The molecule has 0 aliphatic rings. The summed E-state index contributed by atoms with van der Waals surface area (Å²) < 4.78 is 1.02. The fourth-order valence-corrected chi connectivity index (χ4v) is 2.94. The van der Waals surface area contributed by atoms with Gasteiger partial charge >= 0.3 is 0 Å². The minimum atomic E-state index is -0.279. The molecule has 3 aromatic rings. The van der Waals surface area contributed by atoms with Crippen LogP contribution in [0.1, 0.15) is 10.4 Å². The highest BCUT2D eigenvalue weighted by Gasteiger charge is 2.11. The van der Waals surface area contributed by atoms with Gasteiger partial charge in [0.2, 0.25) is 0 Å². The maximum absolute atomic E-state index is 12.1. The summed E-state index contributed by atoms with van der Waals surface area (Å²) in [6.07, 6.45) is 0. The standard InChI is InChI=1S/C14H10ClN3OS/c15-9-5-8(6-10(16)7-9)13(19)18-14-17-11-3-1-2-4-12(11)20-14/h1-7H,16H2,(H,17,18,19). The molecule has 0 radical (unpaired) electrons. The van der Waals surface area contributed by atoms with Crippen molar-refractivity contribution in [2.45, 2.75) is 0 Å². The fraction of sp³-hybridized carbons (Fsp3) is 0. The number of nitrogens with one attached hydrogen (secondary N) is 1. The lowest BCUT2D eigenvalue weighted by Gasteiger charge is -2.03. The molecule has 0 unspecified atom stereocenters. The Kier molecular flexibility index (Phi) is 3.30. The zero-order valence-corrected chi connectivity index (χ0v) is 11.8. The Morgan fingerprint density at radius 1 is 1.25 bits per heavy atom. The molecule has 20 heavy (non-hydrogen) atoms. The number of amides is 1. The minimum Gasteiger partial charge on any atom is -0.399 e. The van der Waals surface area contributed by atoms with Crippen LogP contribution in [0, 0.1) is 0 Å². The predicted molar refractivity (Wildman–Crippen MR) is 83.4 cm³/mol. The number of aromatic nitrogens is 1. The molecule has 1 heterocycles. The summed E-state index contributed by atoms with van der Waals surface area (Å²) in [5.41, 5.74) is 7.40. The largest absolute Gasteiger partial charge is 0.399 e. The van der Waals surface area contributed by atoms with Gasteiger partial charge in [-0.3, -0.25) is 10.1 Å². The molecule has 6 heteroatoms. The van der Waals surface area contributed by atoms with E-state index in [0.717, 1.165) is 10.2 Å². The average Bonchev–Trinajstić information content (AvgIpc) is 2.79. The van der Waals surface area contributed by atoms with E-state index in [1.807, 2.05) is 24.3 Å². The lowest BCUT2D eigenvalue weighted by molar-refractivity contribution is 0.102. The number of thiazole rings is 1. The molecule has 3 N–H and O–H groups in total. The highest BCUT2D eigenvalue weighted by Crippen LogP contribution is 2.26. The van der Waals surface area contributed by atoms with Gasteiger partial charge in [0.1, 0.15) is 0 Å². The van der Waals surface area contributed by atoms with Crippen molar-refractivity contribution in [3.05, 3.63) is 53.1 Å². The molecule has 0 saturated carbocycles. The first-order valence-electron chi connectivity index (χ1n) is 5.85. The molecule has 0 fully saturated rings. The second-order valence-electron chi connectivity index (χ2n) is 4.21. The Bertz CT molecular complexity index is 747. The SMILES string of the molecule is Nc1cc(Cl)cc(C(=O)Nc2nc3ccccc3s2)c1. The first-order valence-corrected chi connectivity index (χ1v) is 7.04. The second-order valence-corrected chi connectivity index (χ2v) is 5.68. The zero-order valence-electron chi connectivity index (χ0n) is 10.3. The van der Waals surface area contributed by atoms with Crippen molar-refractivity contribution in [3.8, 4) is 0 Å². The summed E-state index contributed by atoms with van der Waals surface area (Å²) in [5, 5.41) is 3.74. The number of para-hydroxylation sites is 1. The fourth-order valence-electron chi connectivity index (χ4n) is 1.84. The summed E-state index contributed by atoms with van der Waals surface area (Å²) in [7, 11) is 0. The Hall–Kier alpha value is -2.11. The van der Waals surface area contributed by atoms with E-state index in [0.29, 0.717) is 21.4 Å². The molecule has 0 atom stereocenters. The summed E-state index contributed by atoms with van der Waals surface area (Å²) >= 11 is 7.31. The van der Waals surface area contributed by atoms with Crippen molar-refractivity contribution in [1.82, 2.24) is 4.98 Å². The number of rotatable bonds is 2. The quantitative estimate of drug-likeness (QED) is 0.708. The number of anilines is 2. The van der Waals surface area contributed by atoms with Crippen LogP contribution in [-0.4, -0.2) is 10.9 Å². The van der Waals surface area contributed by atoms with Crippen LogP contribution < -0.4 is 11.1 Å². The van der Waals surface area contributed by atoms with E-state index in [1.165, 1.54) is 11.3 Å². The van der Waals surface area contributed by atoms with E-state index in [2.05, 4.69) is 10.3 Å². The van der Waals surface area contributed by atoms with E-state index in [1.54, 1.807) is 18.2 Å². The van der Waals surface area contributed by atoms with Crippen LogP contribution in [0.5, 0.6) is 0 Å². The van der Waals surface area contributed by atoms with E-state index in [-0.39, 0.29) is 5.91 Å². The van der Waals surface area contributed by atoms with Gasteiger partial charge in [0, 0.05) is 16.3 Å². The number of carbonyl (C=O) groups is 1. The van der Waals surface area contributed by atoms with Crippen LogP contribution in [0.4, 0.5) is 10.8 Å². The highest BCUT2D eigenvalue weighted by molar-refractivity contribution is 7.22. The van der Waals surface area contributed by atoms with Crippen molar-refractivity contribution in [2.24, 2.45) is 0 Å². The van der Waals surface area contributed by atoms with Crippen molar-refractivity contribution in [1.29, 1.82) is 0 Å². The topological polar surface area (TPSA) is 68.0 Å². The molecule has 0 saturated heterocycles. The van der Waals surface area contributed by atoms with Gasteiger partial charge in [-0.1, -0.05) is 35.1 Å². The molecule has 2 aromatic carbocycles. The van der Waals surface area contributed by atoms with Crippen LogP contribution >= 0.6 is 22.9 Å². The molecular formula is C14H10ClN3OS. The number of nitrogens with two attached hydrogens (primary N) is 1. The van der Waals surface area contributed by atoms with E-state index >= 15 is 0 Å². The van der Waals surface area contributed by atoms with Crippen molar-refractivity contribution in [3.63, 3.8) is 0 Å². The highest BCUT2D eigenvalue weighted by atomic mass is 35.5. The van der Waals surface area contributed by atoms with Crippen LogP contribution in [0.15, 0.2) is 42.5 Å². The maximum Gasteiger partial charge on any atom is 0.257 e. The van der Waals surface area contributed by atoms with Crippen LogP contribution in [0.2, 0.25) is 5.02 Å². The van der Waals surface area contributed by atoms with Gasteiger partial charge in [0.15, 0.2) is 5.13 Å². The first kappa shape index (κ1) is 12.9. The molecule has 0 aliphatic carbocycles. The van der Waals surface area contributed by atoms with E-state index in [9.17, 15) is 4.79 Å². The Morgan fingerprint density at radius 3 is 2.80 bits per heavy atom. The van der Waals surface area contributed by atoms with Gasteiger partial charge in [0.25, 0.3) is 5.91 Å². The van der Waals surface area contributed by atoms with Gasteiger partial charge < -0.3 is 5.73 Å². The minimum absolute atomic E-state index is 0.279. The normalized spacial score (nSPS) is 10.7. The Labute approximate surface area is 124 Å². The maximum atomic E-state index is 12.1. The van der Waals surface area contributed by atoms with Crippen LogP contribution in [0.3, 0.4) is 0 Å².